The number of halogens is 1. The van der Waals surface area contributed by atoms with E-state index in [1.807, 2.05) is 18.2 Å². The Labute approximate surface area is 176 Å². The number of carbonyl (C=O) groups excluding carboxylic acids is 1. The number of hydrogen-bond donors (Lipinski definition) is 2. The Balaban J connectivity index is 1.69. The van der Waals surface area contributed by atoms with Crippen LogP contribution in [0.15, 0.2) is 53.1 Å². The van der Waals surface area contributed by atoms with Crippen LogP contribution >= 0.6 is 11.6 Å². The average Bonchev–Trinajstić information content (AvgIpc) is 3.12. The number of hydrogen-bond acceptors (Lipinski definition) is 3. The molecule has 2 aromatic carbocycles. The summed E-state index contributed by atoms with van der Waals surface area (Å²) in [7, 11) is 0. The maximum absolute atomic E-state index is 12.8. The maximum atomic E-state index is 12.8. The van der Waals surface area contributed by atoms with E-state index in [9.17, 15) is 4.79 Å². The van der Waals surface area contributed by atoms with Crippen LogP contribution in [0.2, 0.25) is 5.02 Å². The second-order valence-electron chi connectivity index (χ2n) is 7.08. The Kier molecular flexibility index (Phi) is 7.07. The third-order valence-corrected chi connectivity index (χ3v) is 5.48. The van der Waals surface area contributed by atoms with Gasteiger partial charge in [-0.1, -0.05) is 59.2 Å². The number of quaternary nitrogens is 1. The summed E-state index contributed by atoms with van der Waals surface area (Å²) >= 11 is 6.27. The molecule has 0 radical (unpaired) electrons. The standard InChI is InChI=1S/C23H26ClN3O2/c1-4-27(5-2)15-18-12-10-17(11-13-18)14-25-23(28)21-16(3)29-26-22(21)19-8-6-7-9-20(19)24/h6-13H,4-5,14-15H2,1-3H3,(H,25,28)/p+1. The largest absolute Gasteiger partial charge is 0.360 e. The molecule has 0 aliphatic heterocycles. The quantitative estimate of drug-likeness (QED) is 0.593. The molecule has 0 saturated heterocycles. The van der Waals surface area contributed by atoms with Crippen molar-refractivity contribution in [2.75, 3.05) is 13.1 Å². The fraction of sp³-hybridized carbons (Fsp3) is 0.304. The molecule has 1 heterocycles. The van der Waals surface area contributed by atoms with Crippen molar-refractivity contribution in [3.63, 3.8) is 0 Å². The van der Waals surface area contributed by atoms with Gasteiger partial charge in [0.2, 0.25) is 0 Å². The van der Waals surface area contributed by atoms with Gasteiger partial charge in [-0.05, 0) is 32.4 Å². The highest BCUT2D eigenvalue weighted by molar-refractivity contribution is 6.33. The van der Waals surface area contributed by atoms with Gasteiger partial charge >= 0.3 is 0 Å². The lowest BCUT2D eigenvalue weighted by molar-refractivity contribution is -0.910. The molecule has 3 rings (SSSR count). The molecule has 0 spiro atoms. The first-order valence-electron chi connectivity index (χ1n) is 9.94. The van der Waals surface area contributed by atoms with Gasteiger partial charge in [-0.15, -0.1) is 0 Å². The van der Waals surface area contributed by atoms with Gasteiger partial charge in [0.25, 0.3) is 5.91 Å². The molecule has 0 aliphatic carbocycles. The minimum atomic E-state index is -0.227. The smallest absolute Gasteiger partial charge is 0.257 e. The summed E-state index contributed by atoms with van der Waals surface area (Å²) in [4.78, 5) is 14.4. The zero-order chi connectivity index (χ0) is 20.8. The van der Waals surface area contributed by atoms with Crippen LogP contribution in [-0.2, 0) is 13.1 Å². The van der Waals surface area contributed by atoms with Crippen LogP contribution in [0.3, 0.4) is 0 Å². The van der Waals surface area contributed by atoms with E-state index in [1.54, 1.807) is 17.9 Å². The van der Waals surface area contributed by atoms with E-state index in [-0.39, 0.29) is 5.91 Å². The van der Waals surface area contributed by atoms with Crippen molar-refractivity contribution in [3.8, 4) is 11.3 Å². The number of amides is 1. The first kappa shape index (κ1) is 21.1. The fourth-order valence-corrected chi connectivity index (χ4v) is 3.54. The van der Waals surface area contributed by atoms with Crippen molar-refractivity contribution in [1.82, 2.24) is 10.5 Å². The normalized spacial score (nSPS) is 11.1. The summed E-state index contributed by atoms with van der Waals surface area (Å²) in [5.74, 6) is 0.241. The molecule has 1 amide bonds. The van der Waals surface area contributed by atoms with Crippen LogP contribution in [0.4, 0.5) is 0 Å². The van der Waals surface area contributed by atoms with Gasteiger partial charge < -0.3 is 14.7 Å². The van der Waals surface area contributed by atoms with Gasteiger partial charge in [-0.3, -0.25) is 4.79 Å². The number of aryl methyl sites for hydroxylation is 1. The molecule has 3 aromatic rings. The number of carbonyl (C=O) groups is 1. The zero-order valence-corrected chi connectivity index (χ0v) is 17.8. The molecule has 5 nitrogen and oxygen atoms in total. The Morgan fingerprint density at radius 3 is 2.38 bits per heavy atom. The lowest BCUT2D eigenvalue weighted by Gasteiger charge is -2.15. The average molecular weight is 413 g/mol. The van der Waals surface area contributed by atoms with Gasteiger partial charge in [0.05, 0.1) is 18.1 Å². The van der Waals surface area contributed by atoms with Crippen LogP contribution < -0.4 is 10.2 Å². The summed E-state index contributed by atoms with van der Waals surface area (Å²) in [5, 5.41) is 7.55. The Morgan fingerprint density at radius 1 is 1.07 bits per heavy atom. The van der Waals surface area contributed by atoms with E-state index in [0.29, 0.717) is 34.1 Å². The minimum Gasteiger partial charge on any atom is -0.360 e. The van der Waals surface area contributed by atoms with Gasteiger partial charge in [-0.2, -0.15) is 0 Å². The third-order valence-electron chi connectivity index (χ3n) is 5.15. The minimum absolute atomic E-state index is 0.227. The molecule has 0 saturated carbocycles. The van der Waals surface area contributed by atoms with Crippen molar-refractivity contribution in [2.45, 2.75) is 33.9 Å². The molecular formula is C23H27ClN3O2+. The van der Waals surface area contributed by atoms with Crippen LogP contribution in [0, 0.1) is 6.92 Å². The maximum Gasteiger partial charge on any atom is 0.257 e. The molecular weight excluding hydrogens is 386 g/mol. The topological polar surface area (TPSA) is 59.6 Å². The predicted octanol–water partition coefficient (Wildman–Crippen LogP) is 3.66. The second kappa shape index (κ2) is 9.72. The van der Waals surface area contributed by atoms with Crippen LogP contribution in [0.25, 0.3) is 11.3 Å². The molecule has 29 heavy (non-hydrogen) atoms. The van der Waals surface area contributed by atoms with Crippen LogP contribution in [0.5, 0.6) is 0 Å². The summed E-state index contributed by atoms with van der Waals surface area (Å²) in [6.07, 6.45) is 0. The highest BCUT2D eigenvalue weighted by atomic mass is 35.5. The Hall–Kier alpha value is -2.63. The number of aromatic nitrogens is 1. The van der Waals surface area contributed by atoms with Gasteiger partial charge in [-0.25, -0.2) is 0 Å². The SMILES string of the molecule is CC[NH+](CC)Cc1ccc(CNC(=O)c2c(-c3ccccc3Cl)noc2C)cc1. The van der Waals surface area contributed by atoms with Gasteiger partial charge in [0, 0.05) is 17.7 Å². The lowest BCUT2D eigenvalue weighted by Crippen LogP contribution is -3.10. The second-order valence-corrected chi connectivity index (χ2v) is 7.48. The molecule has 0 bridgehead atoms. The molecule has 1 aromatic heterocycles. The predicted molar refractivity (Wildman–Crippen MR) is 115 cm³/mol. The van der Waals surface area contributed by atoms with E-state index < -0.39 is 0 Å². The zero-order valence-electron chi connectivity index (χ0n) is 17.1. The number of rotatable bonds is 8. The summed E-state index contributed by atoms with van der Waals surface area (Å²) in [6.45, 7) is 9.80. The van der Waals surface area contributed by atoms with Gasteiger partial charge in [0.15, 0.2) is 0 Å². The molecule has 2 N–H and O–H groups in total. The van der Waals surface area contributed by atoms with Gasteiger partial charge in [0.1, 0.15) is 23.6 Å². The summed E-state index contributed by atoms with van der Waals surface area (Å²) < 4.78 is 5.28. The third kappa shape index (κ3) is 5.05. The molecule has 0 unspecified atom stereocenters. The van der Waals surface area contributed by atoms with E-state index in [2.05, 4.69) is 48.6 Å². The molecule has 0 atom stereocenters. The molecule has 6 heteroatoms. The Morgan fingerprint density at radius 2 is 1.72 bits per heavy atom. The van der Waals surface area contributed by atoms with Crippen LogP contribution in [-0.4, -0.2) is 24.2 Å². The molecule has 0 fully saturated rings. The number of nitrogens with zero attached hydrogens (tertiary/aromatic N) is 1. The van der Waals surface area contributed by atoms with E-state index in [4.69, 9.17) is 16.1 Å². The highest BCUT2D eigenvalue weighted by Crippen LogP contribution is 2.30. The van der Waals surface area contributed by atoms with Crippen LogP contribution in [0.1, 0.15) is 41.1 Å². The van der Waals surface area contributed by atoms with Crippen molar-refractivity contribution in [2.24, 2.45) is 0 Å². The van der Waals surface area contributed by atoms with Crippen molar-refractivity contribution in [1.29, 1.82) is 0 Å². The van der Waals surface area contributed by atoms with E-state index in [1.165, 1.54) is 5.56 Å². The Bertz CT molecular complexity index is 963. The van der Waals surface area contributed by atoms with Crippen molar-refractivity contribution in [3.05, 3.63) is 76.0 Å². The highest BCUT2D eigenvalue weighted by Gasteiger charge is 2.22. The first-order valence-corrected chi connectivity index (χ1v) is 10.3. The summed E-state index contributed by atoms with van der Waals surface area (Å²) in [6, 6.07) is 15.7. The number of nitrogens with one attached hydrogen (secondary N) is 2. The molecule has 152 valence electrons. The van der Waals surface area contributed by atoms with E-state index in [0.717, 1.165) is 25.2 Å². The van der Waals surface area contributed by atoms with Crippen molar-refractivity contribution < 1.29 is 14.2 Å². The monoisotopic (exact) mass is 412 g/mol. The van der Waals surface area contributed by atoms with E-state index >= 15 is 0 Å². The number of benzene rings is 2. The first-order chi connectivity index (χ1) is 14.0. The fourth-order valence-electron chi connectivity index (χ4n) is 3.31. The summed E-state index contributed by atoms with van der Waals surface area (Å²) in [5.41, 5.74) is 3.90. The van der Waals surface area contributed by atoms with Crippen molar-refractivity contribution >= 4 is 17.5 Å². The molecule has 0 aliphatic rings. The lowest BCUT2D eigenvalue weighted by atomic mass is 10.1.